The maximum absolute atomic E-state index is 9.31. The lowest BCUT2D eigenvalue weighted by Gasteiger charge is -2.63. The maximum Gasteiger partial charge on any atom is 0.227 e. The van der Waals surface area contributed by atoms with E-state index in [0.29, 0.717) is 17.4 Å². The number of methoxy groups -OCH3 is 1. The molecule has 0 aromatic heterocycles. The second-order valence-corrected chi connectivity index (χ2v) is 5.49. The van der Waals surface area contributed by atoms with E-state index >= 15 is 0 Å². The van der Waals surface area contributed by atoms with Gasteiger partial charge in [0.15, 0.2) is 0 Å². The summed E-state index contributed by atoms with van der Waals surface area (Å²) in [7, 11) is 1.55. The van der Waals surface area contributed by atoms with Gasteiger partial charge in [-0.2, -0.15) is 5.26 Å². The number of ether oxygens (including phenoxy) is 2. The molecule has 0 radical (unpaired) electrons. The van der Waals surface area contributed by atoms with E-state index in [-0.39, 0.29) is 17.1 Å². The molecule has 4 heteroatoms. The third-order valence-electron chi connectivity index (χ3n) is 5.12. The first kappa shape index (κ1) is 11.3. The van der Waals surface area contributed by atoms with Crippen molar-refractivity contribution in [3.8, 4) is 6.07 Å². The van der Waals surface area contributed by atoms with Crippen LogP contribution in [0.15, 0.2) is 28.5 Å². The van der Waals surface area contributed by atoms with Gasteiger partial charge in [-0.1, -0.05) is 6.92 Å². The number of nitriles is 1. The first-order chi connectivity index (χ1) is 8.50. The standard InChI is InChI=1S/C14H16N2O2/c1-8-9(7-15)12(17-4)16-14(3)11-10(5-6-18-11)13(8,14)2/h5-6,10-11H,1-4H3. The van der Waals surface area contributed by atoms with Gasteiger partial charge in [-0.15, -0.1) is 0 Å². The number of aliphatic imine (C=N–C) groups is 1. The molecule has 0 aromatic rings. The maximum atomic E-state index is 9.31. The van der Waals surface area contributed by atoms with E-state index in [1.807, 2.05) is 6.92 Å². The Bertz CT molecular complexity index is 555. The lowest BCUT2D eigenvalue weighted by atomic mass is 9.44. The Hall–Kier alpha value is -1.76. The molecule has 4 nitrogen and oxygen atoms in total. The van der Waals surface area contributed by atoms with E-state index < -0.39 is 0 Å². The fourth-order valence-electron chi connectivity index (χ4n) is 3.69. The molecule has 0 amide bonds. The fourth-order valence-corrected chi connectivity index (χ4v) is 3.69. The molecule has 2 heterocycles. The molecular formula is C14H16N2O2. The van der Waals surface area contributed by atoms with Crippen LogP contribution in [0.3, 0.4) is 0 Å². The Morgan fingerprint density at radius 1 is 1.50 bits per heavy atom. The zero-order chi connectivity index (χ0) is 13.1. The van der Waals surface area contributed by atoms with Crippen molar-refractivity contribution in [2.45, 2.75) is 32.4 Å². The van der Waals surface area contributed by atoms with Crippen LogP contribution in [0.25, 0.3) is 0 Å². The second kappa shape index (κ2) is 3.17. The number of hydrogen-bond acceptors (Lipinski definition) is 4. The van der Waals surface area contributed by atoms with E-state index in [2.05, 4.69) is 31.0 Å². The van der Waals surface area contributed by atoms with Crippen LogP contribution in [0.4, 0.5) is 0 Å². The molecule has 4 atom stereocenters. The van der Waals surface area contributed by atoms with E-state index in [0.717, 1.165) is 5.57 Å². The van der Waals surface area contributed by atoms with Crippen LogP contribution in [0.2, 0.25) is 0 Å². The van der Waals surface area contributed by atoms with Crippen molar-refractivity contribution in [2.75, 3.05) is 7.11 Å². The van der Waals surface area contributed by atoms with Gasteiger partial charge < -0.3 is 9.47 Å². The second-order valence-electron chi connectivity index (χ2n) is 5.49. The van der Waals surface area contributed by atoms with Crippen LogP contribution in [-0.4, -0.2) is 24.7 Å². The summed E-state index contributed by atoms with van der Waals surface area (Å²) >= 11 is 0. The van der Waals surface area contributed by atoms with Gasteiger partial charge in [-0.05, 0) is 25.5 Å². The Morgan fingerprint density at radius 3 is 2.83 bits per heavy atom. The van der Waals surface area contributed by atoms with Crippen molar-refractivity contribution in [1.29, 1.82) is 5.26 Å². The highest BCUT2D eigenvalue weighted by Crippen LogP contribution is 2.65. The highest BCUT2D eigenvalue weighted by Gasteiger charge is 2.72. The monoisotopic (exact) mass is 244 g/mol. The molecule has 1 aliphatic carbocycles. The van der Waals surface area contributed by atoms with Crippen LogP contribution >= 0.6 is 0 Å². The van der Waals surface area contributed by atoms with Gasteiger partial charge >= 0.3 is 0 Å². The summed E-state index contributed by atoms with van der Waals surface area (Å²) in [5.74, 6) is 0.733. The van der Waals surface area contributed by atoms with E-state index in [9.17, 15) is 5.26 Å². The average molecular weight is 244 g/mol. The third-order valence-corrected chi connectivity index (χ3v) is 5.12. The molecule has 18 heavy (non-hydrogen) atoms. The van der Waals surface area contributed by atoms with Crippen molar-refractivity contribution in [3.63, 3.8) is 0 Å². The molecule has 94 valence electrons. The minimum Gasteiger partial charge on any atom is -0.495 e. The van der Waals surface area contributed by atoms with Gasteiger partial charge in [0.2, 0.25) is 5.90 Å². The molecule has 0 aromatic carbocycles. The first-order valence-electron chi connectivity index (χ1n) is 6.08. The van der Waals surface area contributed by atoms with Crippen molar-refractivity contribution >= 4 is 5.90 Å². The number of fused-ring (bicyclic) bond motifs is 4. The van der Waals surface area contributed by atoms with Crippen LogP contribution in [0.1, 0.15) is 20.8 Å². The smallest absolute Gasteiger partial charge is 0.227 e. The summed E-state index contributed by atoms with van der Waals surface area (Å²) in [6, 6.07) is 2.22. The average Bonchev–Trinajstić information content (AvgIpc) is 2.83. The van der Waals surface area contributed by atoms with Crippen molar-refractivity contribution in [3.05, 3.63) is 23.5 Å². The zero-order valence-corrected chi connectivity index (χ0v) is 11.0. The van der Waals surface area contributed by atoms with Gasteiger partial charge in [-0.3, -0.25) is 0 Å². The van der Waals surface area contributed by atoms with Crippen LogP contribution in [0, 0.1) is 22.7 Å². The van der Waals surface area contributed by atoms with E-state index in [1.54, 1.807) is 13.4 Å². The molecule has 4 unspecified atom stereocenters. The minimum absolute atomic E-state index is 0.0582. The van der Waals surface area contributed by atoms with Crippen LogP contribution in [0.5, 0.6) is 0 Å². The van der Waals surface area contributed by atoms with E-state index in [1.165, 1.54) is 0 Å². The lowest BCUT2D eigenvalue weighted by molar-refractivity contribution is -0.120. The molecule has 1 fully saturated rings. The SMILES string of the molecule is COC1=NC2(C)C3OC=CC3C2(C)C(C)=C1C#N. The predicted octanol–water partition coefficient (Wildman–Crippen LogP) is 2.19. The molecule has 3 rings (SSSR count). The molecule has 0 spiro atoms. The molecule has 0 saturated heterocycles. The van der Waals surface area contributed by atoms with Gasteiger partial charge in [-0.25, -0.2) is 4.99 Å². The third kappa shape index (κ3) is 0.915. The normalized spacial score (nSPS) is 44.3. The van der Waals surface area contributed by atoms with Crippen molar-refractivity contribution < 1.29 is 9.47 Å². The molecule has 1 saturated carbocycles. The summed E-state index contributed by atoms with van der Waals surface area (Å²) in [5, 5.41) is 9.31. The summed E-state index contributed by atoms with van der Waals surface area (Å²) in [6.07, 6.45) is 3.90. The first-order valence-corrected chi connectivity index (χ1v) is 6.08. The number of hydrogen-bond donors (Lipinski definition) is 0. The summed E-state index contributed by atoms with van der Waals surface area (Å²) in [4.78, 5) is 4.67. The fraction of sp³-hybridized carbons (Fsp3) is 0.571. The Morgan fingerprint density at radius 2 is 2.22 bits per heavy atom. The van der Waals surface area contributed by atoms with Crippen molar-refractivity contribution in [2.24, 2.45) is 16.3 Å². The summed E-state index contributed by atoms with van der Waals surface area (Å²) in [6.45, 7) is 6.25. The lowest BCUT2D eigenvalue weighted by Crippen LogP contribution is -2.71. The van der Waals surface area contributed by atoms with Crippen molar-refractivity contribution in [1.82, 2.24) is 0 Å². The zero-order valence-electron chi connectivity index (χ0n) is 11.0. The van der Waals surface area contributed by atoms with Crippen LogP contribution < -0.4 is 0 Å². The highest BCUT2D eigenvalue weighted by molar-refractivity contribution is 6.00. The minimum atomic E-state index is -0.350. The molecule has 0 bridgehead atoms. The van der Waals surface area contributed by atoms with Gasteiger partial charge in [0, 0.05) is 11.3 Å². The summed E-state index contributed by atoms with van der Waals surface area (Å²) < 4.78 is 10.9. The summed E-state index contributed by atoms with van der Waals surface area (Å²) in [5.41, 5.74) is 1.11. The van der Waals surface area contributed by atoms with E-state index in [4.69, 9.17) is 9.47 Å². The Kier molecular flexibility index (Phi) is 1.99. The molecule has 0 N–H and O–H groups in total. The van der Waals surface area contributed by atoms with Gasteiger partial charge in [0.25, 0.3) is 0 Å². The molecular weight excluding hydrogens is 228 g/mol. The highest BCUT2D eigenvalue weighted by atomic mass is 16.5. The number of nitrogens with zero attached hydrogens (tertiary/aromatic N) is 2. The number of rotatable bonds is 0. The predicted molar refractivity (Wildman–Crippen MR) is 66.8 cm³/mol. The molecule has 2 aliphatic heterocycles. The topological polar surface area (TPSA) is 54.6 Å². The van der Waals surface area contributed by atoms with Gasteiger partial charge in [0.1, 0.15) is 23.3 Å². The van der Waals surface area contributed by atoms with Gasteiger partial charge in [0.05, 0.1) is 13.4 Å². The Labute approximate surface area is 107 Å². The quantitative estimate of drug-likeness (QED) is 0.656. The van der Waals surface area contributed by atoms with Crippen LogP contribution in [-0.2, 0) is 9.47 Å². The molecule has 3 aliphatic rings. The Balaban J connectivity index is 2.20. The largest absolute Gasteiger partial charge is 0.495 e. The number of dihydropyridines is 1.